The Morgan fingerprint density at radius 1 is 1.12 bits per heavy atom. The first kappa shape index (κ1) is 18.1. The fourth-order valence-electron chi connectivity index (χ4n) is 2.54. The number of nitro benzene ring substituents is 1. The first-order valence-electron chi connectivity index (χ1n) is 7.61. The van der Waals surface area contributed by atoms with Crippen LogP contribution in [0.5, 0.6) is 0 Å². The van der Waals surface area contributed by atoms with Gasteiger partial charge in [0.25, 0.3) is 11.6 Å². The van der Waals surface area contributed by atoms with Crippen LogP contribution in [0.15, 0.2) is 42.5 Å². The Kier molecular flexibility index (Phi) is 5.49. The molecule has 0 saturated carbocycles. The standard InChI is InChI=1S/C18H18N2O5/c1-11-7-12(2)9-14(8-11)17(21)19-16(18(22)23)10-13-3-5-15(6-4-13)20(24)25/h3-9,16H,10H2,1-2H3,(H,19,21)(H,22,23)/t16-/m1/s1. The molecule has 130 valence electrons. The van der Waals surface area contributed by atoms with Crippen LogP contribution < -0.4 is 5.32 Å². The number of carbonyl (C=O) groups is 2. The van der Waals surface area contributed by atoms with Crippen molar-refractivity contribution < 1.29 is 19.6 Å². The molecular formula is C18H18N2O5. The summed E-state index contributed by atoms with van der Waals surface area (Å²) in [7, 11) is 0. The van der Waals surface area contributed by atoms with Crippen molar-refractivity contribution in [1.29, 1.82) is 0 Å². The molecule has 0 saturated heterocycles. The quantitative estimate of drug-likeness (QED) is 0.619. The second-order valence-corrected chi connectivity index (χ2v) is 5.87. The number of hydrogen-bond donors (Lipinski definition) is 2. The highest BCUT2D eigenvalue weighted by Crippen LogP contribution is 2.14. The first-order valence-corrected chi connectivity index (χ1v) is 7.61. The van der Waals surface area contributed by atoms with Crippen molar-refractivity contribution in [3.63, 3.8) is 0 Å². The summed E-state index contributed by atoms with van der Waals surface area (Å²) in [4.78, 5) is 33.9. The topological polar surface area (TPSA) is 110 Å². The third-order valence-corrected chi connectivity index (χ3v) is 3.67. The number of benzene rings is 2. The van der Waals surface area contributed by atoms with E-state index in [0.29, 0.717) is 11.1 Å². The van der Waals surface area contributed by atoms with Crippen molar-refractivity contribution in [3.05, 3.63) is 74.8 Å². The van der Waals surface area contributed by atoms with Gasteiger partial charge >= 0.3 is 5.97 Å². The van der Waals surface area contributed by atoms with Gasteiger partial charge in [0.05, 0.1) is 4.92 Å². The third kappa shape index (κ3) is 4.87. The maximum Gasteiger partial charge on any atom is 0.326 e. The van der Waals surface area contributed by atoms with E-state index in [9.17, 15) is 24.8 Å². The van der Waals surface area contributed by atoms with Crippen LogP contribution in [0, 0.1) is 24.0 Å². The molecule has 25 heavy (non-hydrogen) atoms. The van der Waals surface area contributed by atoms with Gasteiger partial charge in [0.15, 0.2) is 0 Å². The molecular weight excluding hydrogens is 324 g/mol. The molecule has 0 heterocycles. The molecule has 2 aromatic rings. The van der Waals surface area contributed by atoms with E-state index < -0.39 is 22.8 Å². The summed E-state index contributed by atoms with van der Waals surface area (Å²) in [5.74, 6) is -1.64. The SMILES string of the molecule is Cc1cc(C)cc(C(=O)N[C@H](Cc2ccc([N+](=O)[O-])cc2)C(=O)O)c1. The van der Waals surface area contributed by atoms with E-state index in [1.165, 1.54) is 24.3 Å². The number of nitrogens with one attached hydrogen (secondary N) is 1. The van der Waals surface area contributed by atoms with E-state index in [2.05, 4.69) is 5.32 Å². The van der Waals surface area contributed by atoms with E-state index in [1.54, 1.807) is 12.1 Å². The number of carboxylic acid groups (broad SMARTS) is 1. The van der Waals surface area contributed by atoms with Crippen LogP contribution in [0.2, 0.25) is 0 Å². The molecule has 0 radical (unpaired) electrons. The van der Waals surface area contributed by atoms with Crippen LogP contribution in [0.25, 0.3) is 0 Å². The van der Waals surface area contributed by atoms with Crippen molar-refractivity contribution in [2.24, 2.45) is 0 Å². The zero-order chi connectivity index (χ0) is 18.6. The Hall–Kier alpha value is -3.22. The maximum atomic E-state index is 12.3. The Bertz CT molecular complexity index is 794. The van der Waals surface area contributed by atoms with Crippen LogP contribution in [-0.2, 0) is 11.2 Å². The lowest BCUT2D eigenvalue weighted by molar-refractivity contribution is -0.384. The minimum atomic E-state index is -1.17. The Morgan fingerprint density at radius 2 is 1.68 bits per heavy atom. The molecule has 0 aromatic heterocycles. The highest BCUT2D eigenvalue weighted by molar-refractivity contribution is 5.97. The first-order chi connectivity index (χ1) is 11.8. The van der Waals surface area contributed by atoms with Gasteiger partial charge in [-0.1, -0.05) is 29.3 Å². The van der Waals surface area contributed by atoms with E-state index in [-0.39, 0.29) is 12.1 Å². The number of rotatable bonds is 6. The molecule has 0 aliphatic carbocycles. The van der Waals surface area contributed by atoms with Crippen molar-refractivity contribution >= 4 is 17.6 Å². The van der Waals surface area contributed by atoms with Gasteiger partial charge < -0.3 is 10.4 Å². The largest absolute Gasteiger partial charge is 0.480 e. The number of aliphatic carboxylic acids is 1. The number of hydrogen-bond acceptors (Lipinski definition) is 4. The third-order valence-electron chi connectivity index (χ3n) is 3.67. The Balaban J connectivity index is 2.13. The number of non-ortho nitro benzene ring substituents is 1. The van der Waals surface area contributed by atoms with Crippen molar-refractivity contribution in [1.82, 2.24) is 5.32 Å². The molecule has 0 aliphatic heterocycles. The lowest BCUT2D eigenvalue weighted by atomic mass is 10.0. The summed E-state index contributed by atoms with van der Waals surface area (Å²) < 4.78 is 0. The zero-order valence-electron chi connectivity index (χ0n) is 13.9. The van der Waals surface area contributed by atoms with E-state index in [4.69, 9.17) is 0 Å². The van der Waals surface area contributed by atoms with Crippen LogP contribution >= 0.6 is 0 Å². The summed E-state index contributed by atoms with van der Waals surface area (Å²) in [6.07, 6.45) is 0.0316. The highest BCUT2D eigenvalue weighted by atomic mass is 16.6. The molecule has 2 aromatic carbocycles. The molecule has 0 fully saturated rings. The zero-order valence-corrected chi connectivity index (χ0v) is 13.9. The minimum absolute atomic E-state index is 0.0316. The molecule has 7 nitrogen and oxygen atoms in total. The van der Waals surface area contributed by atoms with Crippen LogP contribution in [-0.4, -0.2) is 27.9 Å². The average molecular weight is 342 g/mol. The van der Waals surface area contributed by atoms with E-state index >= 15 is 0 Å². The van der Waals surface area contributed by atoms with Gasteiger partial charge in [-0.05, 0) is 31.5 Å². The molecule has 0 aliphatic rings. The number of amides is 1. The van der Waals surface area contributed by atoms with Gasteiger partial charge in [-0.2, -0.15) is 0 Å². The molecule has 1 atom stereocenters. The average Bonchev–Trinajstić information content (AvgIpc) is 2.53. The second kappa shape index (κ2) is 7.57. The lowest BCUT2D eigenvalue weighted by Crippen LogP contribution is -2.42. The van der Waals surface area contributed by atoms with Gasteiger partial charge in [-0.3, -0.25) is 14.9 Å². The van der Waals surface area contributed by atoms with E-state index in [1.807, 2.05) is 19.9 Å². The van der Waals surface area contributed by atoms with Crippen LogP contribution in [0.4, 0.5) is 5.69 Å². The summed E-state index contributed by atoms with van der Waals surface area (Å²) in [5, 5.41) is 22.5. The van der Waals surface area contributed by atoms with Crippen molar-refractivity contribution in [2.45, 2.75) is 26.3 Å². The van der Waals surface area contributed by atoms with Gasteiger partial charge in [0.1, 0.15) is 6.04 Å². The van der Waals surface area contributed by atoms with Gasteiger partial charge in [0, 0.05) is 24.1 Å². The predicted octanol–water partition coefficient (Wildman–Crippen LogP) is 2.64. The molecule has 2 N–H and O–H groups in total. The fraction of sp³-hybridized carbons (Fsp3) is 0.222. The summed E-state index contributed by atoms with van der Waals surface area (Å²) >= 11 is 0. The summed E-state index contributed by atoms with van der Waals surface area (Å²) in [6, 6.07) is 9.74. The van der Waals surface area contributed by atoms with Crippen molar-refractivity contribution in [3.8, 4) is 0 Å². The molecule has 0 bridgehead atoms. The van der Waals surface area contributed by atoms with Gasteiger partial charge in [-0.25, -0.2) is 4.79 Å². The lowest BCUT2D eigenvalue weighted by Gasteiger charge is -2.15. The monoisotopic (exact) mass is 342 g/mol. The number of nitrogens with zero attached hydrogens (tertiary/aromatic N) is 1. The smallest absolute Gasteiger partial charge is 0.326 e. The number of carbonyl (C=O) groups excluding carboxylic acids is 1. The Morgan fingerprint density at radius 3 is 2.16 bits per heavy atom. The summed E-state index contributed by atoms with van der Waals surface area (Å²) in [6.45, 7) is 3.71. The summed E-state index contributed by atoms with van der Waals surface area (Å²) in [5.41, 5.74) is 2.72. The van der Waals surface area contributed by atoms with Gasteiger partial charge in [-0.15, -0.1) is 0 Å². The molecule has 0 spiro atoms. The number of aryl methyl sites for hydroxylation is 2. The number of carboxylic acids is 1. The van der Waals surface area contributed by atoms with Crippen molar-refractivity contribution in [2.75, 3.05) is 0 Å². The normalized spacial score (nSPS) is 11.6. The van der Waals surface area contributed by atoms with Crippen LogP contribution in [0.1, 0.15) is 27.0 Å². The molecule has 0 unspecified atom stereocenters. The molecule has 7 heteroatoms. The fourth-order valence-corrected chi connectivity index (χ4v) is 2.54. The minimum Gasteiger partial charge on any atom is -0.480 e. The number of nitro groups is 1. The van der Waals surface area contributed by atoms with E-state index in [0.717, 1.165) is 11.1 Å². The maximum absolute atomic E-state index is 12.3. The van der Waals surface area contributed by atoms with Gasteiger partial charge in [0.2, 0.25) is 0 Å². The Labute approximate surface area is 144 Å². The highest BCUT2D eigenvalue weighted by Gasteiger charge is 2.21. The second-order valence-electron chi connectivity index (χ2n) is 5.87. The molecule has 2 rings (SSSR count). The van der Waals surface area contributed by atoms with Crippen LogP contribution in [0.3, 0.4) is 0 Å². The molecule has 1 amide bonds. The predicted molar refractivity (Wildman–Crippen MR) is 91.6 cm³/mol.